The van der Waals surface area contributed by atoms with Gasteiger partial charge in [-0.3, -0.25) is 14.4 Å². The minimum absolute atomic E-state index is 0.0734. The van der Waals surface area contributed by atoms with Gasteiger partial charge >= 0.3 is 17.9 Å². The first-order valence-corrected chi connectivity index (χ1v) is 31.7. The Balaban J connectivity index is 4.10. The molecule has 0 radical (unpaired) electrons. The molecule has 0 saturated heterocycles. The molecule has 0 aromatic rings. The zero-order valence-electron chi connectivity index (χ0n) is 49.3. The van der Waals surface area contributed by atoms with Crippen LogP contribution >= 0.6 is 0 Å². The molecule has 0 saturated carbocycles. The second-order valence-corrected chi connectivity index (χ2v) is 21.0. The van der Waals surface area contributed by atoms with Crippen molar-refractivity contribution in [2.45, 2.75) is 309 Å². The highest BCUT2D eigenvalue weighted by Crippen LogP contribution is 2.16. The van der Waals surface area contributed by atoms with Crippen molar-refractivity contribution < 1.29 is 28.6 Å². The topological polar surface area (TPSA) is 78.9 Å². The number of carbonyl (C=O) groups is 3. The van der Waals surface area contributed by atoms with Crippen LogP contribution in [0.5, 0.6) is 0 Å². The molecular formula is C69H118O6. The van der Waals surface area contributed by atoms with E-state index < -0.39 is 6.10 Å². The molecule has 0 rings (SSSR count). The normalized spacial score (nSPS) is 12.7. The van der Waals surface area contributed by atoms with E-state index in [1.807, 2.05) is 0 Å². The summed E-state index contributed by atoms with van der Waals surface area (Å²) in [5, 5.41) is 0. The van der Waals surface area contributed by atoms with E-state index in [1.165, 1.54) is 154 Å². The molecule has 0 aromatic carbocycles. The van der Waals surface area contributed by atoms with Crippen LogP contribution in [0.3, 0.4) is 0 Å². The Morgan fingerprint density at radius 3 is 0.813 bits per heavy atom. The summed E-state index contributed by atoms with van der Waals surface area (Å²) in [4.78, 5) is 38.1. The second-order valence-electron chi connectivity index (χ2n) is 21.0. The minimum atomic E-state index is -0.773. The van der Waals surface area contributed by atoms with Gasteiger partial charge in [-0.2, -0.15) is 0 Å². The summed E-state index contributed by atoms with van der Waals surface area (Å²) in [7, 11) is 0. The summed E-state index contributed by atoms with van der Waals surface area (Å²) in [6.07, 6.45) is 84.3. The van der Waals surface area contributed by atoms with Crippen molar-refractivity contribution in [3.05, 3.63) is 97.2 Å². The van der Waals surface area contributed by atoms with Gasteiger partial charge in [0.05, 0.1) is 0 Å². The lowest BCUT2D eigenvalue weighted by Gasteiger charge is -2.18. The van der Waals surface area contributed by atoms with Crippen molar-refractivity contribution in [3.8, 4) is 0 Å². The molecule has 0 fully saturated rings. The maximum absolute atomic E-state index is 12.8. The van der Waals surface area contributed by atoms with Crippen LogP contribution in [0, 0.1) is 0 Å². The van der Waals surface area contributed by atoms with E-state index >= 15 is 0 Å². The summed E-state index contributed by atoms with van der Waals surface area (Å²) >= 11 is 0. The first kappa shape index (κ1) is 71.3. The largest absolute Gasteiger partial charge is 0.462 e. The van der Waals surface area contributed by atoms with Crippen LogP contribution in [-0.2, 0) is 28.6 Å². The molecule has 0 heterocycles. The van der Waals surface area contributed by atoms with Gasteiger partial charge in [-0.1, -0.05) is 298 Å². The predicted octanol–water partition coefficient (Wildman–Crippen LogP) is 21.7. The van der Waals surface area contributed by atoms with E-state index in [-0.39, 0.29) is 31.1 Å². The van der Waals surface area contributed by atoms with Crippen molar-refractivity contribution in [1.82, 2.24) is 0 Å². The number of hydrogen-bond donors (Lipinski definition) is 0. The molecule has 75 heavy (non-hydrogen) atoms. The highest BCUT2D eigenvalue weighted by molar-refractivity contribution is 5.71. The van der Waals surface area contributed by atoms with Gasteiger partial charge in [0.25, 0.3) is 0 Å². The molecule has 0 aromatic heterocycles. The first-order chi connectivity index (χ1) is 37.0. The van der Waals surface area contributed by atoms with Crippen molar-refractivity contribution in [2.75, 3.05) is 13.2 Å². The zero-order valence-corrected chi connectivity index (χ0v) is 49.3. The lowest BCUT2D eigenvalue weighted by Crippen LogP contribution is -2.30. The highest BCUT2D eigenvalue weighted by atomic mass is 16.6. The molecule has 430 valence electrons. The molecule has 6 heteroatoms. The summed E-state index contributed by atoms with van der Waals surface area (Å²) in [6.45, 7) is 6.52. The average Bonchev–Trinajstić information content (AvgIpc) is 3.41. The molecule has 0 aliphatic heterocycles. The Bertz CT molecular complexity index is 1480. The number of ether oxygens (including phenoxy) is 3. The number of unbranched alkanes of at least 4 members (excludes halogenated alkanes) is 30. The number of esters is 3. The Morgan fingerprint density at radius 1 is 0.280 bits per heavy atom. The lowest BCUT2D eigenvalue weighted by atomic mass is 10.0. The molecule has 1 unspecified atom stereocenters. The third kappa shape index (κ3) is 61.1. The van der Waals surface area contributed by atoms with E-state index in [0.29, 0.717) is 19.3 Å². The third-order valence-corrected chi connectivity index (χ3v) is 13.6. The van der Waals surface area contributed by atoms with Crippen LogP contribution in [0.15, 0.2) is 97.2 Å². The number of hydrogen-bond acceptors (Lipinski definition) is 6. The average molecular weight is 1040 g/mol. The number of carbonyl (C=O) groups excluding carboxylic acids is 3. The second kappa shape index (κ2) is 62.9. The quantitative estimate of drug-likeness (QED) is 0.0261. The Hall–Kier alpha value is -3.67. The van der Waals surface area contributed by atoms with Crippen molar-refractivity contribution >= 4 is 17.9 Å². The number of allylic oxidation sites excluding steroid dienone is 16. The molecule has 0 aliphatic rings. The van der Waals surface area contributed by atoms with Gasteiger partial charge in [-0.05, 0) is 83.5 Å². The SMILES string of the molecule is CC/C=C\C/C=C\C/C=C\C/C=C\C/C=C\C/C=C\C/C=C\C/C=C\CCCCCCCCCCCCC(=O)OCC(COC(=O)CCCCCCCCCCC)OC(=O)CCCCCCCCCCCCCCC. The Kier molecular flexibility index (Phi) is 59.8. The van der Waals surface area contributed by atoms with Crippen LogP contribution in [0.25, 0.3) is 0 Å². The summed E-state index contributed by atoms with van der Waals surface area (Å²) < 4.78 is 16.8. The monoisotopic (exact) mass is 1040 g/mol. The van der Waals surface area contributed by atoms with Crippen molar-refractivity contribution in [2.24, 2.45) is 0 Å². The van der Waals surface area contributed by atoms with Crippen LogP contribution in [0.1, 0.15) is 303 Å². The van der Waals surface area contributed by atoms with Crippen LogP contribution in [0.4, 0.5) is 0 Å². The first-order valence-electron chi connectivity index (χ1n) is 31.7. The minimum Gasteiger partial charge on any atom is -0.462 e. The van der Waals surface area contributed by atoms with Crippen molar-refractivity contribution in [1.29, 1.82) is 0 Å². The predicted molar refractivity (Wildman–Crippen MR) is 325 cm³/mol. The van der Waals surface area contributed by atoms with Crippen LogP contribution in [-0.4, -0.2) is 37.2 Å². The number of rotatable bonds is 57. The fraction of sp³-hybridized carbons (Fsp3) is 0.725. The van der Waals surface area contributed by atoms with Gasteiger partial charge in [-0.25, -0.2) is 0 Å². The Labute approximate surface area is 464 Å². The van der Waals surface area contributed by atoms with E-state index in [4.69, 9.17) is 14.2 Å². The molecule has 0 spiro atoms. The fourth-order valence-corrected chi connectivity index (χ4v) is 8.87. The van der Waals surface area contributed by atoms with E-state index in [0.717, 1.165) is 109 Å². The summed E-state index contributed by atoms with van der Waals surface area (Å²) in [5.41, 5.74) is 0. The van der Waals surface area contributed by atoms with E-state index in [2.05, 4.69) is 118 Å². The van der Waals surface area contributed by atoms with E-state index in [1.54, 1.807) is 0 Å². The van der Waals surface area contributed by atoms with Crippen LogP contribution < -0.4 is 0 Å². The third-order valence-electron chi connectivity index (χ3n) is 13.6. The van der Waals surface area contributed by atoms with Gasteiger partial charge < -0.3 is 14.2 Å². The smallest absolute Gasteiger partial charge is 0.306 e. The molecule has 0 N–H and O–H groups in total. The molecular weight excluding hydrogens is 925 g/mol. The fourth-order valence-electron chi connectivity index (χ4n) is 8.87. The van der Waals surface area contributed by atoms with Gasteiger partial charge in [-0.15, -0.1) is 0 Å². The molecule has 0 aliphatic carbocycles. The highest BCUT2D eigenvalue weighted by Gasteiger charge is 2.19. The van der Waals surface area contributed by atoms with E-state index in [9.17, 15) is 14.4 Å². The lowest BCUT2D eigenvalue weighted by molar-refractivity contribution is -0.167. The summed E-state index contributed by atoms with van der Waals surface area (Å²) in [6, 6.07) is 0. The van der Waals surface area contributed by atoms with Gasteiger partial charge in [0.15, 0.2) is 6.10 Å². The molecule has 6 nitrogen and oxygen atoms in total. The van der Waals surface area contributed by atoms with Crippen LogP contribution in [0.2, 0.25) is 0 Å². The maximum atomic E-state index is 12.8. The Morgan fingerprint density at radius 2 is 0.520 bits per heavy atom. The maximum Gasteiger partial charge on any atom is 0.306 e. The van der Waals surface area contributed by atoms with Gasteiger partial charge in [0.2, 0.25) is 0 Å². The molecule has 1 atom stereocenters. The van der Waals surface area contributed by atoms with Crippen molar-refractivity contribution in [3.63, 3.8) is 0 Å². The summed E-state index contributed by atoms with van der Waals surface area (Å²) in [5.74, 6) is -0.871. The standard InChI is InChI=1S/C69H118O6/c1-4-7-10-13-16-19-21-23-24-25-26-27-28-29-30-31-32-33-34-35-36-37-38-39-40-41-42-43-44-46-47-50-53-56-59-62-68(71)74-65-66(64-73-67(70)61-58-55-52-49-18-15-12-9-6-3)75-69(72)63-60-57-54-51-48-45-22-20-17-14-11-8-5-2/h7,10,16,19,23-24,26-27,29-30,32-33,35-36,38-39,66H,4-6,8-9,11-15,17-18,20-22,25,28,31,34,37,40-65H2,1-3H3/b10-7-,19-16-,24-23-,27-26-,30-29-,33-32-,36-35-,39-38-. The van der Waals surface area contributed by atoms with Gasteiger partial charge in [0.1, 0.15) is 13.2 Å². The molecule has 0 amide bonds. The molecule has 0 bridgehead atoms. The van der Waals surface area contributed by atoms with Gasteiger partial charge in [0, 0.05) is 19.3 Å². The zero-order chi connectivity index (χ0) is 54.3.